The first kappa shape index (κ1) is 15.3. The largest absolute Gasteiger partial charge is 0.573 e. The van der Waals surface area contributed by atoms with E-state index in [0.29, 0.717) is 25.2 Å². The van der Waals surface area contributed by atoms with E-state index in [9.17, 15) is 18.0 Å². The number of alkyl halides is 3. The molecule has 1 aromatic rings. The summed E-state index contributed by atoms with van der Waals surface area (Å²) < 4.78 is 39.7. The molecular formula is C12H15F3N2O2. The molecule has 106 valence electrons. The minimum atomic E-state index is -4.70. The van der Waals surface area contributed by atoms with Gasteiger partial charge in [0.25, 0.3) is 0 Å². The maximum atomic E-state index is 12.0. The van der Waals surface area contributed by atoms with Crippen LogP contribution in [0.25, 0.3) is 0 Å². The van der Waals surface area contributed by atoms with E-state index in [-0.39, 0.29) is 11.7 Å². The van der Waals surface area contributed by atoms with E-state index >= 15 is 0 Å². The molecule has 19 heavy (non-hydrogen) atoms. The van der Waals surface area contributed by atoms with Crippen LogP contribution in [0.2, 0.25) is 0 Å². The highest BCUT2D eigenvalue weighted by Crippen LogP contribution is 2.23. The normalized spacial score (nSPS) is 11.2. The summed E-state index contributed by atoms with van der Waals surface area (Å²) in [5.74, 6) is -0.425. The minimum Gasteiger partial charge on any atom is -0.406 e. The number of hydrogen-bond donors (Lipinski definition) is 1. The summed E-state index contributed by atoms with van der Waals surface area (Å²) in [7, 11) is 0. The van der Waals surface area contributed by atoms with Crippen LogP contribution in [0, 0.1) is 0 Å². The number of carbonyl (C=O) groups excluding carboxylic acids is 1. The number of amides is 1. The van der Waals surface area contributed by atoms with Crippen LogP contribution in [0.3, 0.4) is 0 Å². The van der Waals surface area contributed by atoms with E-state index in [1.165, 1.54) is 36.1 Å². The molecule has 0 saturated carbocycles. The SMILES string of the molecule is CC(=O)N(CCN)Cc1ccc(OC(F)(F)F)cc1. The Kier molecular flexibility index (Phi) is 5.17. The van der Waals surface area contributed by atoms with Crippen LogP contribution in [0.4, 0.5) is 13.2 Å². The molecule has 0 aliphatic heterocycles. The monoisotopic (exact) mass is 276 g/mol. The molecule has 1 aromatic carbocycles. The van der Waals surface area contributed by atoms with Crippen molar-refractivity contribution in [2.45, 2.75) is 19.8 Å². The predicted molar refractivity (Wildman–Crippen MR) is 63.3 cm³/mol. The summed E-state index contributed by atoms with van der Waals surface area (Å²) in [5.41, 5.74) is 6.08. The average Bonchev–Trinajstić information content (AvgIpc) is 2.29. The summed E-state index contributed by atoms with van der Waals surface area (Å²) in [6.07, 6.45) is -4.70. The standard InChI is InChI=1S/C12H15F3N2O2/c1-9(18)17(7-6-16)8-10-2-4-11(5-3-10)19-12(13,14)15/h2-5H,6-8,16H2,1H3. The highest BCUT2D eigenvalue weighted by molar-refractivity contribution is 5.73. The number of hydrogen-bond acceptors (Lipinski definition) is 3. The molecule has 0 atom stereocenters. The van der Waals surface area contributed by atoms with E-state index in [1.54, 1.807) is 0 Å². The van der Waals surface area contributed by atoms with E-state index in [4.69, 9.17) is 5.73 Å². The highest BCUT2D eigenvalue weighted by Gasteiger charge is 2.30. The molecule has 0 heterocycles. The molecule has 0 aliphatic carbocycles. The van der Waals surface area contributed by atoms with Crippen molar-refractivity contribution in [3.63, 3.8) is 0 Å². The topological polar surface area (TPSA) is 55.6 Å². The summed E-state index contributed by atoms with van der Waals surface area (Å²) in [6.45, 7) is 2.45. The fourth-order valence-corrected chi connectivity index (χ4v) is 1.52. The van der Waals surface area contributed by atoms with Gasteiger partial charge < -0.3 is 15.4 Å². The van der Waals surface area contributed by atoms with Gasteiger partial charge in [-0.05, 0) is 17.7 Å². The van der Waals surface area contributed by atoms with Crippen LogP contribution in [0.15, 0.2) is 24.3 Å². The van der Waals surface area contributed by atoms with Gasteiger partial charge in [0.05, 0.1) is 0 Å². The van der Waals surface area contributed by atoms with Gasteiger partial charge in [-0.25, -0.2) is 0 Å². The zero-order chi connectivity index (χ0) is 14.5. The lowest BCUT2D eigenvalue weighted by atomic mass is 10.2. The molecule has 0 aromatic heterocycles. The van der Waals surface area contributed by atoms with E-state index in [2.05, 4.69) is 4.74 Å². The lowest BCUT2D eigenvalue weighted by Gasteiger charge is -2.20. The first-order valence-corrected chi connectivity index (χ1v) is 5.62. The molecule has 0 aliphatic rings. The van der Waals surface area contributed by atoms with Gasteiger partial charge in [-0.1, -0.05) is 12.1 Å². The van der Waals surface area contributed by atoms with E-state index in [1.807, 2.05) is 0 Å². The van der Waals surface area contributed by atoms with Crippen LogP contribution in [-0.2, 0) is 11.3 Å². The van der Waals surface area contributed by atoms with Crippen molar-refractivity contribution in [3.05, 3.63) is 29.8 Å². The molecular weight excluding hydrogens is 261 g/mol. The zero-order valence-electron chi connectivity index (χ0n) is 10.4. The Balaban J connectivity index is 2.68. The number of rotatable bonds is 5. The molecule has 2 N–H and O–H groups in total. The molecule has 0 fully saturated rings. The fraction of sp³-hybridized carbons (Fsp3) is 0.417. The maximum absolute atomic E-state index is 12.0. The van der Waals surface area contributed by atoms with Crippen LogP contribution < -0.4 is 10.5 Å². The Morgan fingerprint density at radius 2 is 1.89 bits per heavy atom. The second-order valence-electron chi connectivity index (χ2n) is 3.92. The van der Waals surface area contributed by atoms with Crippen molar-refractivity contribution in [2.24, 2.45) is 5.73 Å². The van der Waals surface area contributed by atoms with Gasteiger partial charge in [0.15, 0.2) is 0 Å². The van der Waals surface area contributed by atoms with Gasteiger partial charge in [-0.2, -0.15) is 0 Å². The van der Waals surface area contributed by atoms with Crippen molar-refractivity contribution < 1.29 is 22.7 Å². The third-order valence-electron chi connectivity index (χ3n) is 2.37. The van der Waals surface area contributed by atoms with Gasteiger partial charge in [0.2, 0.25) is 5.91 Å². The number of halogens is 3. The predicted octanol–water partition coefficient (Wildman–Crippen LogP) is 1.89. The molecule has 0 bridgehead atoms. The Morgan fingerprint density at radius 1 is 1.32 bits per heavy atom. The molecule has 0 spiro atoms. The van der Waals surface area contributed by atoms with Gasteiger partial charge in [0, 0.05) is 26.6 Å². The van der Waals surface area contributed by atoms with Crippen molar-refractivity contribution in [1.82, 2.24) is 4.90 Å². The molecule has 1 amide bonds. The number of benzene rings is 1. The van der Waals surface area contributed by atoms with Crippen molar-refractivity contribution >= 4 is 5.91 Å². The average molecular weight is 276 g/mol. The molecule has 7 heteroatoms. The lowest BCUT2D eigenvalue weighted by Crippen LogP contribution is -2.33. The van der Waals surface area contributed by atoms with E-state index < -0.39 is 6.36 Å². The molecule has 0 radical (unpaired) electrons. The first-order chi connectivity index (χ1) is 8.81. The smallest absolute Gasteiger partial charge is 0.406 e. The second kappa shape index (κ2) is 6.42. The fourth-order valence-electron chi connectivity index (χ4n) is 1.52. The summed E-state index contributed by atoms with van der Waals surface area (Å²) >= 11 is 0. The Hall–Kier alpha value is -1.76. The van der Waals surface area contributed by atoms with Crippen LogP contribution in [0.1, 0.15) is 12.5 Å². The Morgan fingerprint density at radius 3 is 2.32 bits per heavy atom. The number of nitrogens with zero attached hydrogens (tertiary/aromatic N) is 1. The van der Waals surface area contributed by atoms with Gasteiger partial charge in [-0.15, -0.1) is 13.2 Å². The molecule has 4 nitrogen and oxygen atoms in total. The third kappa shape index (κ3) is 5.60. The van der Waals surface area contributed by atoms with Crippen molar-refractivity contribution in [2.75, 3.05) is 13.1 Å². The van der Waals surface area contributed by atoms with Crippen molar-refractivity contribution in [3.8, 4) is 5.75 Å². The molecule has 0 unspecified atom stereocenters. The number of nitrogens with two attached hydrogens (primary N) is 1. The van der Waals surface area contributed by atoms with Crippen LogP contribution in [0.5, 0.6) is 5.75 Å². The van der Waals surface area contributed by atoms with E-state index in [0.717, 1.165) is 0 Å². The third-order valence-corrected chi connectivity index (χ3v) is 2.37. The molecule has 0 saturated heterocycles. The summed E-state index contributed by atoms with van der Waals surface area (Å²) in [6, 6.07) is 5.38. The van der Waals surface area contributed by atoms with Gasteiger partial charge in [-0.3, -0.25) is 4.79 Å². The maximum Gasteiger partial charge on any atom is 0.573 e. The Bertz CT molecular complexity index is 418. The summed E-state index contributed by atoms with van der Waals surface area (Å²) in [5, 5.41) is 0. The molecule has 1 rings (SSSR count). The quantitative estimate of drug-likeness (QED) is 0.893. The zero-order valence-corrected chi connectivity index (χ0v) is 10.4. The van der Waals surface area contributed by atoms with Crippen LogP contribution in [-0.4, -0.2) is 30.3 Å². The van der Waals surface area contributed by atoms with Gasteiger partial charge >= 0.3 is 6.36 Å². The van der Waals surface area contributed by atoms with Crippen LogP contribution >= 0.6 is 0 Å². The second-order valence-corrected chi connectivity index (χ2v) is 3.92. The van der Waals surface area contributed by atoms with Crippen molar-refractivity contribution in [1.29, 1.82) is 0 Å². The lowest BCUT2D eigenvalue weighted by molar-refractivity contribution is -0.274. The number of carbonyl (C=O) groups is 1. The van der Waals surface area contributed by atoms with Gasteiger partial charge in [0.1, 0.15) is 5.75 Å². The highest BCUT2D eigenvalue weighted by atomic mass is 19.4. The first-order valence-electron chi connectivity index (χ1n) is 5.62. The minimum absolute atomic E-state index is 0.138. The Labute approximate surface area is 108 Å². The number of ether oxygens (including phenoxy) is 1. The summed E-state index contributed by atoms with van der Waals surface area (Å²) in [4.78, 5) is 12.8.